The van der Waals surface area contributed by atoms with Crippen LogP contribution in [0.1, 0.15) is 69.4 Å². The number of hydrogen-bond acceptors (Lipinski definition) is 0. The number of rotatable bonds is 6. The second-order valence-corrected chi connectivity index (χ2v) is 9.63. The van der Waals surface area contributed by atoms with Crippen LogP contribution in [-0.4, -0.2) is 0 Å². The fourth-order valence-corrected chi connectivity index (χ4v) is 5.05. The van der Waals surface area contributed by atoms with Crippen LogP contribution in [0.25, 0.3) is 28.0 Å². The fraction of sp³-hybridized carbons (Fsp3) is 0.355. The van der Waals surface area contributed by atoms with Crippen molar-refractivity contribution in [3.8, 4) is 23.0 Å². The first-order chi connectivity index (χ1) is 17.4. The van der Waals surface area contributed by atoms with E-state index in [0.29, 0.717) is 17.0 Å². The van der Waals surface area contributed by atoms with E-state index in [9.17, 15) is 22.0 Å². The minimum absolute atomic E-state index is 0.0179. The van der Waals surface area contributed by atoms with E-state index in [0.717, 1.165) is 24.8 Å². The van der Waals surface area contributed by atoms with Gasteiger partial charge in [0.05, 0.1) is 5.56 Å². The van der Waals surface area contributed by atoms with Gasteiger partial charge in [0.1, 0.15) is 17.5 Å². The maximum atomic E-state index is 15.0. The molecule has 0 bridgehead atoms. The van der Waals surface area contributed by atoms with Crippen molar-refractivity contribution in [2.75, 3.05) is 0 Å². The van der Waals surface area contributed by atoms with Crippen LogP contribution in [0.4, 0.5) is 22.0 Å². The summed E-state index contributed by atoms with van der Waals surface area (Å²) < 4.78 is 68.9. The van der Waals surface area contributed by atoms with Crippen LogP contribution in [0.5, 0.6) is 0 Å². The van der Waals surface area contributed by atoms with Crippen molar-refractivity contribution in [1.82, 2.24) is 0 Å². The van der Waals surface area contributed by atoms with Crippen LogP contribution in [0.3, 0.4) is 0 Å². The van der Waals surface area contributed by atoms with Gasteiger partial charge in [0.25, 0.3) is 6.08 Å². The molecular weight excluding hydrogens is 467 g/mol. The molecule has 1 saturated carbocycles. The molecular formula is C31H29F5. The van der Waals surface area contributed by atoms with Crippen LogP contribution >= 0.6 is 0 Å². The predicted octanol–water partition coefficient (Wildman–Crippen LogP) is 9.90. The first-order valence-electron chi connectivity index (χ1n) is 12.6. The highest BCUT2D eigenvalue weighted by atomic mass is 19.3. The molecule has 1 fully saturated rings. The lowest BCUT2D eigenvalue weighted by Gasteiger charge is -2.25. The molecule has 1 aliphatic rings. The van der Waals surface area contributed by atoms with Crippen LogP contribution in [0.2, 0.25) is 0 Å². The molecule has 0 heterocycles. The van der Waals surface area contributed by atoms with Gasteiger partial charge in [-0.15, -0.1) is 0 Å². The topological polar surface area (TPSA) is 0 Å². The Balaban J connectivity index is 1.49. The van der Waals surface area contributed by atoms with Crippen LogP contribution < -0.4 is 0 Å². The van der Waals surface area contributed by atoms with Gasteiger partial charge >= 0.3 is 0 Å². The predicted molar refractivity (Wildman–Crippen MR) is 136 cm³/mol. The zero-order valence-electron chi connectivity index (χ0n) is 20.3. The summed E-state index contributed by atoms with van der Waals surface area (Å²) in [5.74, 6) is 4.90. The number of halogens is 5. The van der Waals surface area contributed by atoms with Gasteiger partial charge in [0, 0.05) is 28.5 Å². The van der Waals surface area contributed by atoms with E-state index in [-0.39, 0.29) is 22.4 Å². The lowest BCUT2D eigenvalue weighted by atomic mass is 9.80. The van der Waals surface area contributed by atoms with Gasteiger partial charge in [-0.2, -0.15) is 8.78 Å². The normalized spacial score (nSPS) is 17.5. The summed E-state index contributed by atoms with van der Waals surface area (Å²) in [6.45, 7) is 2.22. The molecule has 4 rings (SSSR count). The van der Waals surface area contributed by atoms with Crippen LogP contribution in [0, 0.1) is 41.1 Å². The van der Waals surface area contributed by atoms with Crippen molar-refractivity contribution in [2.24, 2.45) is 11.8 Å². The summed E-state index contributed by atoms with van der Waals surface area (Å²) in [4.78, 5) is 0. The maximum absolute atomic E-state index is 15.0. The third kappa shape index (κ3) is 6.16. The summed E-state index contributed by atoms with van der Waals surface area (Å²) in [5, 5.41) is 0.142. The van der Waals surface area contributed by atoms with Gasteiger partial charge in [-0.1, -0.05) is 62.6 Å². The molecule has 0 unspecified atom stereocenters. The largest absolute Gasteiger partial charge is 0.271 e. The summed E-state index contributed by atoms with van der Waals surface area (Å²) in [6.07, 6.45) is 7.73. The van der Waals surface area contributed by atoms with Gasteiger partial charge in [0.15, 0.2) is 0 Å². The zero-order chi connectivity index (χ0) is 25.7. The molecule has 0 nitrogen and oxygen atoms in total. The highest BCUT2D eigenvalue weighted by Crippen LogP contribution is 2.33. The number of benzene rings is 3. The number of fused-ring (bicyclic) bond motifs is 1. The lowest BCUT2D eigenvalue weighted by Crippen LogP contribution is -2.13. The number of hydrogen-bond donors (Lipinski definition) is 0. The van der Waals surface area contributed by atoms with Crippen LogP contribution in [0.15, 0.2) is 48.5 Å². The first-order valence-corrected chi connectivity index (χ1v) is 12.6. The van der Waals surface area contributed by atoms with Gasteiger partial charge in [-0.25, -0.2) is 13.2 Å². The van der Waals surface area contributed by atoms with Crippen molar-refractivity contribution in [2.45, 2.75) is 58.3 Å². The Morgan fingerprint density at radius 2 is 1.69 bits per heavy atom. The second kappa shape index (κ2) is 11.7. The summed E-state index contributed by atoms with van der Waals surface area (Å²) >= 11 is 0. The molecule has 0 aliphatic heterocycles. The van der Waals surface area contributed by atoms with E-state index in [4.69, 9.17) is 0 Å². The number of unbranched alkanes of at least 4 members (excludes halogenated alkanes) is 2. The van der Waals surface area contributed by atoms with Gasteiger partial charge in [0.2, 0.25) is 0 Å². The maximum Gasteiger partial charge on any atom is 0.271 e. The Kier molecular flexibility index (Phi) is 8.46. The third-order valence-corrected chi connectivity index (χ3v) is 7.08. The summed E-state index contributed by atoms with van der Waals surface area (Å²) in [6, 6.07) is 9.99. The van der Waals surface area contributed by atoms with E-state index in [1.807, 2.05) is 0 Å². The zero-order valence-corrected chi connectivity index (χ0v) is 20.3. The monoisotopic (exact) mass is 496 g/mol. The minimum Gasteiger partial charge on any atom is -0.206 e. The molecule has 0 spiro atoms. The molecule has 5 heteroatoms. The van der Waals surface area contributed by atoms with Crippen molar-refractivity contribution in [1.29, 1.82) is 0 Å². The van der Waals surface area contributed by atoms with Crippen LogP contribution in [-0.2, 0) is 0 Å². The van der Waals surface area contributed by atoms with Crippen molar-refractivity contribution >= 4 is 16.8 Å². The second-order valence-electron chi connectivity index (χ2n) is 9.63. The van der Waals surface area contributed by atoms with Gasteiger partial charge in [-0.05, 0) is 66.8 Å². The summed E-state index contributed by atoms with van der Waals surface area (Å²) in [5.41, 5.74) is 0.493. The highest BCUT2D eigenvalue weighted by Gasteiger charge is 2.19. The summed E-state index contributed by atoms with van der Waals surface area (Å²) in [7, 11) is 0. The van der Waals surface area contributed by atoms with E-state index < -0.39 is 29.1 Å². The Labute approximate surface area is 209 Å². The molecule has 3 aromatic carbocycles. The first kappa shape index (κ1) is 25.9. The molecule has 0 atom stereocenters. The Hall–Kier alpha value is -3.13. The minimum atomic E-state index is -2.19. The molecule has 0 aromatic heterocycles. The average Bonchev–Trinajstić information content (AvgIpc) is 2.86. The van der Waals surface area contributed by atoms with E-state index in [1.165, 1.54) is 62.8 Å². The standard InChI is InChI=1S/C31H29F5/c1-2-3-4-5-20-6-8-21(9-7-20)10-11-22-12-14-25(28(32)16-22)23-13-15-26-24(17-23)18-29(33)27(31(26)36)19-30(34)35/h12-21H,2-9H2,1H3. The van der Waals surface area contributed by atoms with Gasteiger partial charge in [-0.3, -0.25) is 0 Å². The Bertz CT molecular complexity index is 1320. The van der Waals surface area contributed by atoms with E-state index in [2.05, 4.69) is 18.8 Å². The third-order valence-electron chi connectivity index (χ3n) is 7.08. The van der Waals surface area contributed by atoms with Crippen molar-refractivity contribution in [3.05, 3.63) is 77.1 Å². The smallest absolute Gasteiger partial charge is 0.206 e. The average molecular weight is 497 g/mol. The fourth-order valence-electron chi connectivity index (χ4n) is 5.05. The lowest BCUT2D eigenvalue weighted by molar-refractivity contribution is 0.294. The Morgan fingerprint density at radius 1 is 0.917 bits per heavy atom. The quantitative estimate of drug-likeness (QED) is 0.181. The van der Waals surface area contributed by atoms with Crippen molar-refractivity contribution < 1.29 is 22.0 Å². The van der Waals surface area contributed by atoms with E-state index >= 15 is 0 Å². The van der Waals surface area contributed by atoms with E-state index in [1.54, 1.807) is 12.1 Å². The highest BCUT2D eigenvalue weighted by molar-refractivity contribution is 5.90. The Morgan fingerprint density at radius 3 is 2.39 bits per heavy atom. The van der Waals surface area contributed by atoms with Gasteiger partial charge < -0.3 is 0 Å². The molecule has 0 N–H and O–H groups in total. The molecule has 188 valence electrons. The SMILES string of the molecule is CCCCCC1CCC(C#Cc2ccc(-c3ccc4c(F)c(C=C(F)F)c(F)cc4c3)c(F)c2)CC1. The molecule has 0 saturated heterocycles. The van der Waals surface area contributed by atoms with Crippen molar-refractivity contribution in [3.63, 3.8) is 0 Å². The molecule has 36 heavy (non-hydrogen) atoms. The molecule has 3 aromatic rings. The molecule has 0 amide bonds. The molecule has 1 aliphatic carbocycles. The molecule has 0 radical (unpaired) electrons.